The second kappa shape index (κ2) is 10.8. The molecule has 18 heavy (non-hydrogen) atoms. The van der Waals surface area contributed by atoms with E-state index in [2.05, 4.69) is 31.8 Å². The standard InChI is InChI=1S/C13H19NO.C3H8/c1-3-6-11(7-4-2)12-8-5-9-13(15)14-10-12;1-3-2/h3-4,6-7,12H,1,5,8-10H2,2H3,(H,14,15);3H2,1-2H3/b7-4-,11-6+;. The molecule has 1 saturated heterocycles. The fourth-order valence-electron chi connectivity index (χ4n) is 1.88. The highest BCUT2D eigenvalue weighted by Gasteiger charge is 2.17. The van der Waals surface area contributed by atoms with Crippen molar-refractivity contribution < 1.29 is 4.79 Å². The summed E-state index contributed by atoms with van der Waals surface area (Å²) in [4.78, 5) is 11.2. The van der Waals surface area contributed by atoms with Gasteiger partial charge >= 0.3 is 0 Å². The number of nitrogens with one attached hydrogen (secondary N) is 1. The number of rotatable bonds is 3. The Morgan fingerprint density at radius 1 is 1.50 bits per heavy atom. The van der Waals surface area contributed by atoms with Crippen LogP contribution in [0.15, 0.2) is 36.5 Å². The largest absolute Gasteiger partial charge is 0.355 e. The molecule has 1 amide bonds. The Kier molecular flexibility index (Phi) is 10.0. The minimum Gasteiger partial charge on any atom is -0.355 e. The van der Waals surface area contributed by atoms with Gasteiger partial charge in [0.05, 0.1) is 0 Å². The van der Waals surface area contributed by atoms with E-state index in [9.17, 15) is 4.79 Å². The van der Waals surface area contributed by atoms with Crippen molar-refractivity contribution in [3.63, 3.8) is 0 Å². The molecule has 1 rings (SSSR count). The minimum atomic E-state index is 0.177. The molecule has 0 radical (unpaired) electrons. The van der Waals surface area contributed by atoms with E-state index in [-0.39, 0.29) is 5.91 Å². The zero-order valence-corrected chi connectivity index (χ0v) is 12.0. The van der Waals surface area contributed by atoms with Crippen molar-refractivity contribution in [1.82, 2.24) is 5.32 Å². The summed E-state index contributed by atoms with van der Waals surface area (Å²) in [6.07, 6.45) is 11.9. The number of amides is 1. The van der Waals surface area contributed by atoms with Gasteiger partial charge < -0.3 is 5.32 Å². The second-order valence-electron chi connectivity index (χ2n) is 4.50. The molecule has 0 saturated carbocycles. The van der Waals surface area contributed by atoms with Crippen LogP contribution < -0.4 is 5.32 Å². The average molecular weight is 249 g/mol. The van der Waals surface area contributed by atoms with Gasteiger partial charge in [-0.15, -0.1) is 0 Å². The van der Waals surface area contributed by atoms with Crippen molar-refractivity contribution in [2.75, 3.05) is 6.54 Å². The molecule has 2 nitrogen and oxygen atoms in total. The van der Waals surface area contributed by atoms with Crippen molar-refractivity contribution in [2.45, 2.75) is 46.5 Å². The lowest BCUT2D eigenvalue weighted by Crippen LogP contribution is -2.26. The average Bonchev–Trinajstić information content (AvgIpc) is 2.55. The zero-order chi connectivity index (χ0) is 13.8. The quantitative estimate of drug-likeness (QED) is 0.752. The third-order valence-electron chi connectivity index (χ3n) is 2.64. The van der Waals surface area contributed by atoms with Gasteiger partial charge in [0.2, 0.25) is 5.91 Å². The molecule has 2 heteroatoms. The highest BCUT2D eigenvalue weighted by Crippen LogP contribution is 2.21. The van der Waals surface area contributed by atoms with Crippen LogP contribution in [0.25, 0.3) is 0 Å². The van der Waals surface area contributed by atoms with Crippen LogP contribution in [0, 0.1) is 5.92 Å². The predicted molar refractivity (Wildman–Crippen MR) is 79.4 cm³/mol. The molecule has 1 N–H and O–H groups in total. The summed E-state index contributed by atoms with van der Waals surface area (Å²) in [5.41, 5.74) is 1.26. The normalized spacial score (nSPS) is 20.7. The summed E-state index contributed by atoms with van der Waals surface area (Å²) in [7, 11) is 0. The Morgan fingerprint density at radius 2 is 2.17 bits per heavy atom. The van der Waals surface area contributed by atoms with Crippen molar-refractivity contribution in [1.29, 1.82) is 0 Å². The minimum absolute atomic E-state index is 0.177. The van der Waals surface area contributed by atoms with Gasteiger partial charge in [-0.2, -0.15) is 0 Å². The van der Waals surface area contributed by atoms with Gasteiger partial charge in [-0.1, -0.05) is 51.2 Å². The van der Waals surface area contributed by atoms with E-state index in [1.54, 1.807) is 0 Å². The van der Waals surface area contributed by atoms with Crippen LogP contribution in [-0.4, -0.2) is 12.5 Å². The van der Waals surface area contributed by atoms with Gasteiger partial charge in [0.25, 0.3) is 0 Å². The lowest BCUT2D eigenvalue weighted by atomic mass is 9.93. The molecule has 1 aliphatic rings. The number of hydrogen-bond donors (Lipinski definition) is 1. The number of carbonyl (C=O) groups is 1. The summed E-state index contributed by atoms with van der Waals surface area (Å²) in [5.74, 6) is 0.613. The molecule has 0 spiro atoms. The lowest BCUT2D eigenvalue weighted by molar-refractivity contribution is -0.120. The molecule has 1 atom stereocenters. The van der Waals surface area contributed by atoms with E-state index < -0.39 is 0 Å². The van der Waals surface area contributed by atoms with Gasteiger partial charge in [-0.3, -0.25) is 4.79 Å². The molecule has 1 aliphatic heterocycles. The highest BCUT2D eigenvalue weighted by atomic mass is 16.1. The van der Waals surface area contributed by atoms with Crippen LogP contribution >= 0.6 is 0 Å². The highest BCUT2D eigenvalue weighted by molar-refractivity contribution is 5.76. The molecule has 0 aromatic carbocycles. The van der Waals surface area contributed by atoms with E-state index in [1.807, 2.05) is 25.2 Å². The Balaban J connectivity index is 0.000000873. The maximum absolute atomic E-state index is 11.2. The molecule has 102 valence electrons. The van der Waals surface area contributed by atoms with E-state index in [4.69, 9.17) is 0 Å². The van der Waals surface area contributed by atoms with E-state index >= 15 is 0 Å². The molecule has 0 bridgehead atoms. The van der Waals surface area contributed by atoms with Gasteiger partial charge in [0.1, 0.15) is 0 Å². The summed E-state index contributed by atoms with van der Waals surface area (Å²) in [6, 6.07) is 0. The first-order valence-electron chi connectivity index (χ1n) is 6.91. The van der Waals surface area contributed by atoms with Crippen LogP contribution in [0.5, 0.6) is 0 Å². The smallest absolute Gasteiger partial charge is 0.220 e. The summed E-state index contributed by atoms with van der Waals surface area (Å²) >= 11 is 0. The fraction of sp³-hybridized carbons (Fsp3) is 0.562. The third kappa shape index (κ3) is 7.10. The van der Waals surface area contributed by atoms with Crippen molar-refractivity contribution in [3.05, 3.63) is 36.5 Å². The van der Waals surface area contributed by atoms with Crippen LogP contribution in [-0.2, 0) is 4.79 Å². The lowest BCUT2D eigenvalue weighted by Gasteiger charge is -2.15. The predicted octanol–water partition coefficient (Wildman–Crippen LogP) is 4.01. The number of hydrogen-bond acceptors (Lipinski definition) is 1. The van der Waals surface area contributed by atoms with Gasteiger partial charge in [0.15, 0.2) is 0 Å². The number of carbonyl (C=O) groups excluding carboxylic acids is 1. The number of allylic oxidation sites excluding steroid dienone is 4. The Bertz CT molecular complexity index is 302. The van der Waals surface area contributed by atoms with Crippen LogP contribution in [0.2, 0.25) is 0 Å². The maximum Gasteiger partial charge on any atom is 0.220 e. The first kappa shape index (κ1) is 16.7. The van der Waals surface area contributed by atoms with Crippen LogP contribution in [0.4, 0.5) is 0 Å². The SMILES string of the molecule is C=C/C=C(\C=C/C)C1CCCC(=O)NC1.CCC. The van der Waals surface area contributed by atoms with Gasteiger partial charge in [-0.05, 0) is 25.3 Å². The molecule has 0 aromatic rings. The molecule has 0 aromatic heterocycles. The summed E-state index contributed by atoms with van der Waals surface area (Å²) in [6.45, 7) is 10.7. The third-order valence-corrected chi connectivity index (χ3v) is 2.64. The second-order valence-corrected chi connectivity index (χ2v) is 4.50. The topological polar surface area (TPSA) is 29.1 Å². The monoisotopic (exact) mass is 249 g/mol. The molecular formula is C16H27NO. The van der Waals surface area contributed by atoms with Gasteiger partial charge in [-0.25, -0.2) is 0 Å². The van der Waals surface area contributed by atoms with Crippen molar-refractivity contribution >= 4 is 5.91 Å². The fourth-order valence-corrected chi connectivity index (χ4v) is 1.88. The van der Waals surface area contributed by atoms with E-state index in [1.165, 1.54) is 12.0 Å². The Labute approximate surface area is 112 Å². The van der Waals surface area contributed by atoms with Gasteiger partial charge in [0, 0.05) is 18.9 Å². The van der Waals surface area contributed by atoms with Crippen molar-refractivity contribution in [2.24, 2.45) is 5.92 Å². The molecule has 1 unspecified atom stereocenters. The Hall–Kier alpha value is -1.31. The summed E-state index contributed by atoms with van der Waals surface area (Å²) in [5, 5.41) is 2.94. The van der Waals surface area contributed by atoms with Crippen LogP contribution in [0.1, 0.15) is 46.5 Å². The molecular weight excluding hydrogens is 222 g/mol. The molecule has 1 heterocycles. The first-order chi connectivity index (χ1) is 8.69. The molecule has 0 aliphatic carbocycles. The van der Waals surface area contributed by atoms with E-state index in [0.29, 0.717) is 12.3 Å². The molecule has 1 fully saturated rings. The van der Waals surface area contributed by atoms with Crippen LogP contribution in [0.3, 0.4) is 0 Å². The Morgan fingerprint density at radius 3 is 2.72 bits per heavy atom. The zero-order valence-electron chi connectivity index (χ0n) is 12.0. The first-order valence-corrected chi connectivity index (χ1v) is 6.91. The van der Waals surface area contributed by atoms with Crippen molar-refractivity contribution in [3.8, 4) is 0 Å². The summed E-state index contributed by atoms with van der Waals surface area (Å²) < 4.78 is 0. The van der Waals surface area contributed by atoms with E-state index in [0.717, 1.165) is 19.4 Å². The maximum atomic E-state index is 11.2.